The molecule has 0 aromatic carbocycles. The number of aliphatic imine (C=N–C) groups is 1. The van der Waals surface area contributed by atoms with E-state index in [4.69, 9.17) is 17.3 Å². The molecule has 0 saturated heterocycles. The van der Waals surface area contributed by atoms with E-state index >= 15 is 0 Å². The minimum Gasteiger partial charge on any atom is -0.401 e. The van der Waals surface area contributed by atoms with Gasteiger partial charge in [-0.3, -0.25) is 4.99 Å². The second-order valence-corrected chi connectivity index (χ2v) is 1.55. The zero-order chi connectivity index (χ0) is 6.41. The van der Waals surface area contributed by atoms with Crippen LogP contribution < -0.4 is 5.73 Å². The average molecular weight is 133 g/mol. The van der Waals surface area contributed by atoms with E-state index in [0.29, 0.717) is 11.6 Å². The topological polar surface area (TPSA) is 38.4 Å². The Bertz CT molecular complexity index is 107. The molecule has 0 aromatic rings. The van der Waals surface area contributed by atoms with Crippen LogP contribution in [0.1, 0.15) is 0 Å². The van der Waals surface area contributed by atoms with Crippen LogP contribution in [0, 0.1) is 0 Å². The molecule has 0 atom stereocenters. The van der Waals surface area contributed by atoms with Crippen LogP contribution in [0.2, 0.25) is 0 Å². The van der Waals surface area contributed by atoms with Crippen LogP contribution in [-0.2, 0) is 0 Å². The molecule has 0 saturated carbocycles. The number of allylic oxidation sites excluding steroid dienone is 2. The highest BCUT2D eigenvalue weighted by molar-refractivity contribution is 6.19. The Hall–Kier alpha value is -0.500. The highest BCUT2D eigenvalue weighted by atomic mass is 35.5. The van der Waals surface area contributed by atoms with Crippen molar-refractivity contribution in [1.82, 2.24) is 0 Å². The summed E-state index contributed by atoms with van der Waals surface area (Å²) in [6, 6.07) is 0. The minimum atomic E-state index is 0.367. The van der Waals surface area contributed by atoms with E-state index in [1.165, 1.54) is 0 Å². The normalized spacial score (nSPS) is 13.0. The van der Waals surface area contributed by atoms with Crippen molar-refractivity contribution in [3.63, 3.8) is 0 Å². The summed E-state index contributed by atoms with van der Waals surface area (Å²) in [5, 5.41) is 0. The van der Waals surface area contributed by atoms with Crippen molar-refractivity contribution >= 4 is 17.8 Å². The molecule has 0 bridgehead atoms. The van der Waals surface area contributed by atoms with E-state index in [1.54, 1.807) is 19.3 Å². The van der Waals surface area contributed by atoms with Gasteiger partial charge in [-0.25, -0.2) is 0 Å². The lowest BCUT2D eigenvalue weighted by molar-refractivity contribution is 1.33. The summed E-state index contributed by atoms with van der Waals surface area (Å²) in [6.07, 6.45) is 3.28. The molecule has 0 fully saturated rings. The Balaban J connectivity index is 3.57. The number of hydrogen-bond donors (Lipinski definition) is 1. The molecule has 0 rings (SSSR count). The second-order valence-electron chi connectivity index (χ2n) is 1.28. The molecule has 0 aliphatic heterocycles. The lowest BCUT2D eigenvalue weighted by atomic mass is 10.5. The van der Waals surface area contributed by atoms with E-state index in [0.717, 1.165) is 0 Å². The fourth-order valence-corrected chi connectivity index (χ4v) is 0.304. The Labute approximate surface area is 54.0 Å². The molecule has 2 N–H and O–H groups in total. The van der Waals surface area contributed by atoms with Gasteiger partial charge in [-0.05, 0) is 6.08 Å². The molecule has 0 amide bonds. The Morgan fingerprint density at radius 1 is 1.88 bits per heavy atom. The van der Waals surface area contributed by atoms with Crippen LogP contribution in [-0.4, -0.2) is 19.1 Å². The molecule has 0 spiro atoms. The standard InChI is InChI=1S/C5H9ClN2/c1-8-3-2-5(7)4-6/h2-3H,4,7H2,1H3/b5-2-,8-3?. The van der Waals surface area contributed by atoms with Gasteiger partial charge in [0.05, 0.1) is 5.88 Å². The highest BCUT2D eigenvalue weighted by Gasteiger charge is 1.78. The zero-order valence-electron chi connectivity index (χ0n) is 4.76. The van der Waals surface area contributed by atoms with Gasteiger partial charge < -0.3 is 5.73 Å². The van der Waals surface area contributed by atoms with Crippen molar-refractivity contribution in [2.45, 2.75) is 0 Å². The van der Waals surface area contributed by atoms with Crippen LogP contribution in [0.5, 0.6) is 0 Å². The first-order chi connectivity index (χ1) is 3.81. The monoisotopic (exact) mass is 132 g/mol. The predicted octanol–water partition coefficient (Wildman–Crippen LogP) is 0.768. The van der Waals surface area contributed by atoms with Gasteiger partial charge in [-0.2, -0.15) is 0 Å². The van der Waals surface area contributed by atoms with Crippen molar-refractivity contribution in [2.24, 2.45) is 10.7 Å². The summed E-state index contributed by atoms with van der Waals surface area (Å²) < 4.78 is 0. The van der Waals surface area contributed by atoms with Gasteiger partial charge in [0.1, 0.15) is 0 Å². The summed E-state index contributed by atoms with van der Waals surface area (Å²) >= 11 is 5.33. The van der Waals surface area contributed by atoms with Crippen LogP contribution in [0.25, 0.3) is 0 Å². The minimum absolute atomic E-state index is 0.367. The van der Waals surface area contributed by atoms with Gasteiger partial charge in [0.25, 0.3) is 0 Å². The third kappa shape index (κ3) is 3.68. The first-order valence-electron chi connectivity index (χ1n) is 2.24. The first-order valence-corrected chi connectivity index (χ1v) is 2.77. The smallest absolute Gasteiger partial charge is 0.0620 e. The zero-order valence-corrected chi connectivity index (χ0v) is 5.52. The Morgan fingerprint density at radius 2 is 2.50 bits per heavy atom. The van der Waals surface area contributed by atoms with Gasteiger partial charge in [0.2, 0.25) is 0 Å². The van der Waals surface area contributed by atoms with Crippen molar-refractivity contribution in [2.75, 3.05) is 12.9 Å². The van der Waals surface area contributed by atoms with Crippen LogP contribution in [0.15, 0.2) is 16.8 Å². The molecule has 46 valence electrons. The molecule has 0 aromatic heterocycles. The molecule has 0 aliphatic rings. The fourth-order valence-electron chi connectivity index (χ4n) is 0.215. The van der Waals surface area contributed by atoms with E-state index < -0.39 is 0 Å². The lowest BCUT2D eigenvalue weighted by Gasteiger charge is -1.86. The van der Waals surface area contributed by atoms with E-state index in [9.17, 15) is 0 Å². The number of rotatable bonds is 2. The Morgan fingerprint density at radius 3 is 2.88 bits per heavy atom. The number of nitrogens with zero attached hydrogens (tertiary/aromatic N) is 1. The van der Waals surface area contributed by atoms with Crippen LogP contribution in [0.3, 0.4) is 0 Å². The quantitative estimate of drug-likeness (QED) is 0.438. The third-order valence-corrected chi connectivity index (χ3v) is 0.901. The summed E-state index contributed by atoms with van der Waals surface area (Å²) in [4.78, 5) is 3.68. The number of hydrogen-bond acceptors (Lipinski definition) is 2. The SMILES string of the molecule is CN=C/C=C(\N)CCl. The van der Waals surface area contributed by atoms with Gasteiger partial charge in [-0.1, -0.05) is 0 Å². The van der Waals surface area contributed by atoms with Gasteiger partial charge in [0, 0.05) is 19.0 Å². The molecular formula is C5H9ClN2. The maximum Gasteiger partial charge on any atom is 0.0620 e. The molecular weight excluding hydrogens is 124 g/mol. The molecule has 0 unspecified atom stereocenters. The maximum atomic E-state index is 5.33. The summed E-state index contributed by atoms with van der Waals surface area (Å²) in [5.41, 5.74) is 5.93. The molecule has 3 heteroatoms. The molecule has 8 heavy (non-hydrogen) atoms. The number of nitrogens with two attached hydrogens (primary N) is 1. The Kier molecular flexibility index (Phi) is 4.36. The fraction of sp³-hybridized carbons (Fsp3) is 0.400. The average Bonchev–Trinajstić information content (AvgIpc) is 1.83. The second kappa shape index (κ2) is 4.65. The first kappa shape index (κ1) is 7.50. The molecule has 0 aliphatic carbocycles. The predicted molar refractivity (Wildman–Crippen MR) is 37.4 cm³/mol. The van der Waals surface area contributed by atoms with Crippen molar-refractivity contribution in [3.8, 4) is 0 Å². The van der Waals surface area contributed by atoms with Crippen molar-refractivity contribution in [3.05, 3.63) is 11.8 Å². The summed E-state index contributed by atoms with van der Waals surface area (Å²) in [5.74, 6) is 0.367. The maximum absolute atomic E-state index is 5.33. The summed E-state index contributed by atoms with van der Waals surface area (Å²) in [7, 11) is 1.68. The van der Waals surface area contributed by atoms with Gasteiger partial charge in [-0.15, -0.1) is 11.6 Å². The van der Waals surface area contributed by atoms with Crippen molar-refractivity contribution in [1.29, 1.82) is 0 Å². The van der Waals surface area contributed by atoms with E-state index in [2.05, 4.69) is 4.99 Å². The number of alkyl halides is 1. The van der Waals surface area contributed by atoms with Crippen LogP contribution in [0.4, 0.5) is 0 Å². The molecule has 2 nitrogen and oxygen atoms in total. The summed E-state index contributed by atoms with van der Waals surface area (Å²) in [6.45, 7) is 0. The third-order valence-electron chi connectivity index (χ3n) is 0.592. The lowest BCUT2D eigenvalue weighted by Crippen LogP contribution is -1.97. The van der Waals surface area contributed by atoms with Gasteiger partial charge >= 0.3 is 0 Å². The number of halogens is 1. The molecule has 0 radical (unpaired) electrons. The molecule has 0 heterocycles. The van der Waals surface area contributed by atoms with E-state index in [1.807, 2.05) is 0 Å². The largest absolute Gasteiger partial charge is 0.401 e. The van der Waals surface area contributed by atoms with Crippen LogP contribution >= 0.6 is 11.6 Å². The van der Waals surface area contributed by atoms with Gasteiger partial charge in [0.15, 0.2) is 0 Å². The van der Waals surface area contributed by atoms with Crippen molar-refractivity contribution < 1.29 is 0 Å². The highest BCUT2D eigenvalue weighted by Crippen LogP contribution is 1.83. The van der Waals surface area contributed by atoms with E-state index in [-0.39, 0.29) is 0 Å².